The van der Waals surface area contributed by atoms with Crippen LogP contribution in [0.15, 0.2) is 52.7 Å². The molecule has 3 aromatic rings. The van der Waals surface area contributed by atoms with E-state index in [9.17, 15) is 14.9 Å². The van der Waals surface area contributed by atoms with E-state index in [1.807, 2.05) is 5.38 Å². The molecule has 1 aliphatic rings. The lowest BCUT2D eigenvalue weighted by Gasteiger charge is -2.12. The molecule has 2 aromatic heterocycles. The number of rotatable bonds is 5. The normalized spacial score (nSPS) is 13.7. The second-order valence-electron chi connectivity index (χ2n) is 5.93. The molecule has 0 atom stereocenters. The molecule has 0 N–H and O–H groups in total. The molecule has 0 unspecified atom stereocenters. The van der Waals surface area contributed by atoms with Gasteiger partial charge < -0.3 is 4.42 Å². The van der Waals surface area contributed by atoms with Gasteiger partial charge in [0.25, 0.3) is 11.8 Å². The molecule has 0 saturated heterocycles. The third kappa shape index (κ3) is 3.18. The predicted molar refractivity (Wildman–Crippen MR) is 99.8 cm³/mol. The average Bonchev–Trinajstić information content (AvgIpc) is 3.41. The van der Waals surface area contributed by atoms with Crippen molar-refractivity contribution < 1.29 is 14.0 Å². The first kappa shape index (κ1) is 16.9. The minimum atomic E-state index is -0.274. The van der Waals surface area contributed by atoms with Crippen LogP contribution in [0.5, 0.6) is 0 Å². The van der Waals surface area contributed by atoms with Crippen molar-refractivity contribution in [2.24, 2.45) is 0 Å². The van der Waals surface area contributed by atoms with Crippen LogP contribution in [0.1, 0.15) is 37.0 Å². The van der Waals surface area contributed by atoms with Crippen molar-refractivity contribution in [3.63, 3.8) is 0 Å². The molecule has 2 amide bonds. The highest BCUT2D eigenvalue weighted by Crippen LogP contribution is 2.24. The Morgan fingerprint density at radius 2 is 1.96 bits per heavy atom. The van der Waals surface area contributed by atoms with Crippen LogP contribution in [-0.4, -0.2) is 28.2 Å². The first-order chi connectivity index (χ1) is 13.2. The van der Waals surface area contributed by atoms with Gasteiger partial charge >= 0.3 is 0 Å². The van der Waals surface area contributed by atoms with Gasteiger partial charge in [-0.25, -0.2) is 4.98 Å². The molecule has 1 aliphatic heterocycles. The van der Waals surface area contributed by atoms with Crippen molar-refractivity contribution in [2.75, 3.05) is 6.54 Å². The van der Waals surface area contributed by atoms with Gasteiger partial charge in [0.05, 0.1) is 34.9 Å². The lowest BCUT2D eigenvalue weighted by Crippen LogP contribution is -2.31. The number of hydrogen-bond acceptors (Lipinski definition) is 6. The Morgan fingerprint density at radius 1 is 1.22 bits per heavy atom. The summed E-state index contributed by atoms with van der Waals surface area (Å²) in [5, 5.41) is 11.8. The quantitative estimate of drug-likeness (QED) is 0.502. The molecule has 0 spiro atoms. The van der Waals surface area contributed by atoms with Crippen LogP contribution in [0.25, 0.3) is 11.6 Å². The van der Waals surface area contributed by atoms with Crippen LogP contribution in [0.4, 0.5) is 0 Å². The van der Waals surface area contributed by atoms with E-state index in [-0.39, 0.29) is 18.4 Å². The molecule has 0 fully saturated rings. The molecule has 0 bridgehead atoms. The van der Waals surface area contributed by atoms with Gasteiger partial charge in [0.1, 0.15) is 11.1 Å². The number of aromatic nitrogens is 1. The van der Waals surface area contributed by atoms with E-state index in [0.717, 1.165) is 11.3 Å². The fourth-order valence-electron chi connectivity index (χ4n) is 2.88. The predicted octanol–water partition coefficient (Wildman–Crippen LogP) is 3.64. The van der Waals surface area contributed by atoms with E-state index >= 15 is 0 Å². The zero-order chi connectivity index (χ0) is 18.8. The van der Waals surface area contributed by atoms with Gasteiger partial charge in [-0.1, -0.05) is 12.1 Å². The van der Waals surface area contributed by atoms with Gasteiger partial charge in [-0.15, -0.1) is 11.3 Å². The molecule has 0 radical (unpaired) electrons. The molecule has 7 heteroatoms. The summed E-state index contributed by atoms with van der Waals surface area (Å²) in [6.07, 6.45) is 5.23. The standard InChI is InChI=1S/C20H13N3O3S/c21-10-14(9-13-6-8-26-11-13)18-22-15(12-27-18)5-7-23-19(24)16-3-1-2-4-17(16)20(23)25/h1-4,6,8-9,11-12H,5,7H2/b14-9-. The third-order valence-corrected chi connectivity index (χ3v) is 5.15. The van der Waals surface area contributed by atoms with Gasteiger partial charge in [-0.3, -0.25) is 14.5 Å². The van der Waals surface area contributed by atoms with Crippen LogP contribution in [0.2, 0.25) is 0 Å². The second kappa shape index (κ2) is 7.02. The highest BCUT2D eigenvalue weighted by atomic mass is 32.1. The average molecular weight is 375 g/mol. The maximum atomic E-state index is 12.4. The Bertz CT molecular complexity index is 1050. The highest BCUT2D eigenvalue weighted by molar-refractivity contribution is 7.11. The molecule has 4 rings (SSSR count). The number of imide groups is 1. The maximum absolute atomic E-state index is 12.4. The summed E-state index contributed by atoms with van der Waals surface area (Å²) >= 11 is 1.35. The Hall–Kier alpha value is -3.50. The van der Waals surface area contributed by atoms with E-state index < -0.39 is 0 Å². The summed E-state index contributed by atoms with van der Waals surface area (Å²) in [6.45, 7) is 0.253. The van der Waals surface area contributed by atoms with E-state index in [4.69, 9.17) is 4.42 Å². The van der Waals surface area contributed by atoms with Crippen molar-refractivity contribution in [1.29, 1.82) is 5.26 Å². The number of carbonyl (C=O) groups is 2. The third-order valence-electron chi connectivity index (χ3n) is 4.23. The van der Waals surface area contributed by atoms with Crippen LogP contribution >= 0.6 is 11.3 Å². The first-order valence-electron chi connectivity index (χ1n) is 8.21. The summed E-state index contributed by atoms with van der Waals surface area (Å²) in [5.41, 5.74) is 2.84. The Kier molecular flexibility index (Phi) is 4.40. The molecule has 1 aromatic carbocycles. The summed E-state index contributed by atoms with van der Waals surface area (Å²) in [7, 11) is 0. The Labute approximate surface area is 159 Å². The van der Waals surface area contributed by atoms with Crippen molar-refractivity contribution >= 4 is 34.8 Å². The number of nitriles is 1. The number of furan rings is 1. The zero-order valence-corrected chi connectivity index (χ0v) is 14.9. The van der Waals surface area contributed by atoms with Crippen molar-refractivity contribution in [1.82, 2.24) is 9.88 Å². The highest BCUT2D eigenvalue weighted by Gasteiger charge is 2.34. The second-order valence-corrected chi connectivity index (χ2v) is 6.79. The fourth-order valence-corrected chi connectivity index (χ4v) is 3.70. The molecule has 0 aliphatic carbocycles. The SMILES string of the molecule is N#C/C(=C/c1ccoc1)c1nc(CCN2C(=O)c3ccccc3C2=O)cs1. The van der Waals surface area contributed by atoms with Crippen LogP contribution in [-0.2, 0) is 6.42 Å². The summed E-state index contributed by atoms with van der Waals surface area (Å²) in [4.78, 5) is 30.5. The smallest absolute Gasteiger partial charge is 0.261 e. The minimum Gasteiger partial charge on any atom is -0.472 e. The molecule has 3 heterocycles. The largest absolute Gasteiger partial charge is 0.472 e. The number of amides is 2. The molecular weight excluding hydrogens is 362 g/mol. The van der Waals surface area contributed by atoms with Gasteiger partial charge in [-0.2, -0.15) is 5.26 Å². The minimum absolute atomic E-state index is 0.253. The number of thiazole rings is 1. The number of fused-ring (bicyclic) bond motifs is 1. The van der Waals surface area contributed by atoms with Crippen LogP contribution < -0.4 is 0 Å². The lowest BCUT2D eigenvalue weighted by atomic mass is 10.1. The number of allylic oxidation sites excluding steroid dienone is 1. The van der Waals surface area contributed by atoms with Gasteiger partial charge in [-0.05, 0) is 24.3 Å². The van der Waals surface area contributed by atoms with Crippen LogP contribution in [0.3, 0.4) is 0 Å². The molecule has 132 valence electrons. The molecular formula is C20H13N3O3S. The number of hydrogen-bond donors (Lipinski definition) is 0. The molecule has 6 nitrogen and oxygen atoms in total. The van der Waals surface area contributed by atoms with Gasteiger partial charge in [0.2, 0.25) is 0 Å². The lowest BCUT2D eigenvalue weighted by molar-refractivity contribution is 0.0656. The van der Waals surface area contributed by atoms with Gasteiger partial charge in [0.15, 0.2) is 0 Å². The number of carbonyl (C=O) groups excluding carboxylic acids is 2. The maximum Gasteiger partial charge on any atom is 0.261 e. The summed E-state index contributed by atoms with van der Waals surface area (Å²) < 4.78 is 5.00. The van der Waals surface area contributed by atoms with E-state index in [0.29, 0.717) is 28.1 Å². The van der Waals surface area contributed by atoms with Crippen molar-refractivity contribution in [2.45, 2.75) is 6.42 Å². The van der Waals surface area contributed by atoms with E-state index in [2.05, 4.69) is 11.1 Å². The number of benzene rings is 1. The zero-order valence-electron chi connectivity index (χ0n) is 14.1. The van der Waals surface area contributed by atoms with E-state index in [1.54, 1.807) is 42.7 Å². The Morgan fingerprint density at radius 3 is 2.59 bits per heavy atom. The van der Waals surface area contributed by atoms with Crippen LogP contribution in [0, 0.1) is 11.3 Å². The monoisotopic (exact) mass is 375 g/mol. The van der Waals surface area contributed by atoms with Crippen molar-refractivity contribution in [3.05, 3.63) is 75.6 Å². The summed E-state index contributed by atoms with van der Waals surface area (Å²) in [5.74, 6) is -0.549. The van der Waals surface area contributed by atoms with Crippen molar-refractivity contribution in [3.8, 4) is 6.07 Å². The Balaban J connectivity index is 1.47. The topological polar surface area (TPSA) is 87.2 Å². The summed E-state index contributed by atoms with van der Waals surface area (Å²) in [6, 6.07) is 10.7. The van der Waals surface area contributed by atoms with Gasteiger partial charge in [0, 0.05) is 23.9 Å². The first-order valence-corrected chi connectivity index (χ1v) is 9.09. The number of nitrogens with zero attached hydrogens (tertiary/aromatic N) is 3. The fraction of sp³-hybridized carbons (Fsp3) is 0.100. The molecule has 0 saturated carbocycles. The van der Waals surface area contributed by atoms with E-state index in [1.165, 1.54) is 22.5 Å². The molecule has 27 heavy (non-hydrogen) atoms.